The summed E-state index contributed by atoms with van der Waals surface area (Å²) in [6.07, 6.45) is -0.150. The molecule has 1 saturated heterocycles. The van der Waals surface area contributed by atoms with Gasteiger partial charge in [0.05, 0.1) is 37.1 Å². The number of thiol groups is 1. The second-order valence-corrected chi connectivity index (χ2v) is 29.3. The van der Waals surface area contributed by atoms with Crippen LogP contribution in [0.25, 0.3) is 10.9 Å². The molecule has 630 valence electrons. The van der Waals surface area contributed by atoms with E-state index in [4.69, 9.17) is 17.2 Å². The number of amides is 14. The molecule has 38 nitrogen and oxygen atoms in total. The molecule has 0 radical (unpaired) electrons. The Bertz CT molecular complexity index is 4490. The predicted octanol–water partition coefficient (Wildman–Crippen LogP) is -2.96. The number of nitrogens with zero attached hydrogens (tertiary/aromatic N) is 2. The van der Waals surface area contributed by atoms with E-state index in [1.165, 1.54) is 99.2 Å². The number of hydrogen-bond donors (Lipinski definition) is 22. The van der Waals surface area contributed by atoms with Gasteiger partial charge in [-0.15, -0.1) is 0 Å². The molecular formula is C78H102N18O20S. The molecule has 14 atom stereocenters. The van der Waals surface area contributed by atoms with Crippen molar-refractivity contribution in [3.05, 3.63) is 144 Å². The van der Waals surface area contributed by atoms with Crippen molar-refractivity contribution < 1.29 is 97.5 Å². The van der Waals surface area contributed by atoms with Gasteiger partial charge in [-0.2, -0.15) is 12.6 Å². The Balaban J connectivity index is 1.10. The number of aromatic hydroxyl groups is 3. The van der Waals surface area contributed by atoms with Gasteiger partial charge >= 0.3 is 5.97 Å². The summed E-state index contributed by atoms with van der Waals surface area (Å²) >= 11 is 4.12. The van der Waals surface area contributed by atoms with Crippen LogP contribution in [-0.2, 0) is 104 Å². The average Bonchev–Trinajstić information content (AvgIpc) is 1.72. The monoisotopic (exact) mass is 1640 g/mol. The molecule has 0 bridgehead atoms. The summed E-state index contributed by atoms with van der Waals surface area (Å²) < 4.78 is 0. The third-order valence-electron chi connectivity index (χ3n) is 19.6. The quantitative estimate of drug-likeness (QED) is 0.0170. The lowest BCUT2D eigenvalue weighted by molar-refractivity contribution is -0.145. The number of primary amides is 2. The van der Waals surface area contributed by atoms with Crippen LogP contribution in [0.2, 0.25) is 0 Å². The second-order valence-electron chi connectivity index (χ2n) is 29.0. The number of imidazole rings is 1. The fourth-order valence-electron chi connectivity index (χ4n) is 12.8. The maximum Gasteiger partial charge on any atom is 0.326 e. The van der Waals surface area contributed by atoms with Crippen molar-refractivity contribution in [2.45, 2.75) is 184 Å². The Hall–Kier alpha value is -12.7. The second kappa shape index (κ2) is 43.7. The van der Waals surface area contributed by atoms with Gasteiger partial charge in [-0.05, 0) is 103 Å². The number of H-pyrrole nitrogens is 2. The summed E-state index contributed by atoms with van der Waals surface area (Å²) in [5.74, 6) is -17.0. The van der Waals surface area contributed by atoms with Crippen LogP contribution >= 0.6 is 12.6 Å². The highest BCUT2D eigenvalue weighted by atomic mass is 32.1. The smallest absolute Gasteiger partial charge is 0.326 e. The minimum Gasteiger partial charge on any atom is -0.508 e. The first-order chi connectivity index (χ1) is 55.5. The Morgan fingerprint density at radius 3 is 1.53 bits per heavy atom. The fraction of sp³-hybridized carbons (Fsp3) is 0.436. The zero-order valence-electron chi connectivity index (χ0n) is 65.0. The lowest BCUT2D eigenvalue weighted by atomic mass is 9.97. The Morgan fingerprint density at radius 1 is 0.547 bits per heavy atom. The summed E-state index contributed by atoms with van der Waals surface area (Å²) in [5, 5.41) is 80.0. The SMILES string of the molecule is CC[C@H](C)[C@H](NC(=O)[C@@H](NC(=O)[C@H](CC(N)=O)NC(=O)[C@H](CCC(N)=O)NC(=O)[C@@H]1CCCN1C(=O)[C@@H](NC(=O)[C@H](Cc1ccc(O)cc1)NC(=O)CNC(=O)[C@H](Cc1ccc(O)cc1)NC(=O)[C@H](Cc1c[nH]c2ccccc12)NC(=O)[C@H](Cc1c[nH]cn1)NC(=O)[C@H](Cc1ccc(O)cc1)NC(=O)[C@@H](N)CS)[C@@H](C)O)C(C)C)C(=O)O. The number of aliphatic hydroxyl groups excluding tert-OH is 1. The van der Waals surface area contributed by atoms with Crippen LogP contribution in [0.3, 0.4) is 0 Å². The highest BCUT2D eigenvalue weighted by Gasteiger charge is 2.43. The fourth-order valence-corrected chi connectivity index (χ4v) is 13.0. The van der Waals surface area contributed by atoms with E-state index >= 15 is 4.79 Å². The van der Waals surface area contributed by atoms with Crippen LogP contribution in [0, 0.1) is 11.8 Å². The summed E-state index contributed by atoms with van der Waals surface area (Å²) in [6.45, 7) is 6.45. The van der Waals surface area contributed by atoms with Gasteiger partial charge in [-0.3, -0.25) is 67.1 Å². The molecule has 0 aliphatic carbocycles. The number of hydrogen-bond acceptors (Lipinski definition) is 22. The van der Waals surface area contributed by atoms with Gasteiger partial charge in [0.2, 0.25) is 82.7 Å². The molecule has 1 aliphatic rings. The summed E-state index contributed by atoms with van der Waals surface area (Å²) in [7, 11) is 0. The van der Waals surface area contributed by atoms with Crippen LogP contribution in [0.5, 0.6) is 17.2 Å². The molecule has 0 unspecified atom stereocenters. The zero-order valence-corrected chi connectivity index (χ0v) is 65.9. The number of aliphatic carboxylic acids is 1. The number of aromatic amines is 2. The first-order valence-corrected chi connectivity index (χ1v) is 38.5. The van der Waals surface area contributed by atoms with Gasteiger partial charge in [0.25, 0.3) is 0 Å². The Labute approximate surface area is 677 Å². The minimum absolute atomic E-state index is 0.0708. The van der Waals surface area contributed by atoms with Gasteiger partial charge in [-0.25, -0.2) is 9.78 Å². The third-order valence-corrected chi connectivity index (χ3v) is 20.0. The molecule has 0 saturated carbocycles. The summed E-state index contributed by atoms with van der Waals surface area (Å²) in [5.41, 5.74) is 19.6. The summed E-state index contributed by atoms with van der Waals surface area (Å²) in [6, 6.07) is 5.29. The number of aliphatic hydroxyl groups is 1. The van der Waals surface area contributed by atoms with Crippen molar-refractivity contribution in [2.24, 2.45) is 29.0 Å². The first kappa shape index (κ1) is 91.5. The molecule has 7 rings (SSSR count). The first-order valence-electron chi connectivity index (χ1n) is 37.8. The number of nitrogens with two attached hydrogens (primary N) is 3. The third kappa shape index (κ3) is 27.5. The number of fused-ring (bicyclic) bond motifs is 1. The molecule has 6 aromatic rings. The lowest BCUT2D eigenvalue weighted by Gasteiger charge is -2.32. The number of likely N-dealkylation sites (tertiary alicyclic amines) is 1. The average molecular weight is 1640 g/mol. The molecule has 14 amide bonds. The number of carboxylic acid groups (broad SMARTS) is 1. The number of rotatable bonds is 44. The largest absolute Gasteiger partial charge is 0.508 e. The van der Waals surface area contributed by atoms with E-state index in [0.29, 0.717) is 39.6 Å². The number of nitrogens with one attached hydrogen (secondary N) is 13. The molecule has 39 heteroatoms. The summed E-state index contributed by atoms with van der Waals surface area (Å²) in [4.78, 5) is 220. The molecule has 24 N–H and O–H groups in total. The standard InChI is InChI=1S/C78H102N18O20S/c1-6-40(4)65(78(115)116)94-76(113)64(39(2)3)93-74(111)59(33-62(81)102)92-69(106)53(25-26-61(80)101)87-75(112)60-12-9-27-96(60)77(114)66(41(5)97)95-73(110)55(29-43-15-21-48(99)22-16-43)86-63(103)36-84-68(105)54(28-42-13-19-47(98)20-14-42)89-71(108)57(31-45-34-83-52-11-8-7-10-50(45)52)90-72(109)58(32-46-35-82-38-85-46)91-70(107)56(88-67(104)51(79)37-117)30-44-17-23-49(100)24-18-44/h7-8,10-11,13-24,34-35,38-41,51,53-60,64-66,83,97-100,117H,6,9,12,25-33,36-37,79H2,1-5H3,(H2,80,101)(H2,81,102)(H,82,85)(H,84,105)(H,86,103)(H,87,112)(H,88,104)(H,89,108)(H,90,109)(H,91,107)(H,92,106)(H,93,111)(H,94,113)(H,95,110)(H,115,116)/t40-,41+,51-,53-,54-,55-,56-,57-,58-,59-,60-,64-,65-,66-/m0/s1. The number of benzene rings is 4. The van der Waals surface area contributed by atoms with Crippen molar-refractivity contribution in [3.8, 4) is 17.2 Å². The maximum absolute atomic E-state index is 15.2. The van der Waals surface area contributed by atoms with Gasteiger partial charge in [0, 0.05) is 74.1 Å². The van der Waals surface area contributed by atoms with Crippen LogP contribution in [0.15, 0.2) is 116 Å². The number of carboxylic acids is 1. The van der Waals surface area contributed by atoms with E-state index in [1.54, 1.807) is 44.3 Å². The molecule has 117 heavy (non-hydrogen) atoms. The number of phenols is 3. The highest BCUT2D eigenvalue weighted by Crippen LogP contribution is 2.24. The normalized spacial score (nSPS) is 15.9. The molecule has 0 spiro atoms. The molecule has 4 aromatic carbocycles. The van der Waals surface area contributed by atoms with Gasteiger partial charge in [-0.1, -0.05) is 88.7 Å². The molecule has 1 aliphatic heterocycles. The molecular weight excluding hydrogens is 1540 g/mol. The lowest BCUT2D eigenvalue weighted by Crippen LogP contribution is -2.62. The van der Waals surface area contributed by atoms with Crippen molar-refractivity contribution in [2.75, 3.05) is 18.8 Å². The molecule has 1 fully saturated rings. The van der Waals surface area contributed by atoms with E-state index in [9.17, 15) is 92.7 Å². The van der Waals surface area contributed by atoms with E-state index in [0.717, 1.165) is 11.8 Å². The zero-order chi connectivity index (χ0) is 85.9. The predicted molar refractivity (Wildman–Crippen MR) is 424 cm³/mol. The van der Waals surface area contributed by atoms with Crippen molar-refractivity contribution in [1.82, 2.24) is 78.3 Å². The van der Waals surface area contributed by atoms with Crippen molar-refractivity contribution in [1.29, 1.82) is 0 Å². The van der Waals surface area contributed by atoms with E-state index in [2.05, 4.69) is 86.1 Å². The van der Waals surface area contributed by atoms with Crippen molar-refractivity contribution >= 4 is 112 Å². The number of aromatic nitrogens is 3. The molecule has 3 heterocycles. The highest BCUT2D eigenvalue weighted by molar-refractivity contribution is 7.80. The number of para-hydroxylation sites is 1. The van der Waals surface area contributed by atoms with E-state index < -0.39 is 205 Å². The Kier molecular flexibility index (Phi) is 34.2. The molecule has 2 aromatic heterocycles. The van der Waals surface area contributed by atoms with E-state index in [1.807, 2.05) is 0 Å². The van der Waals surface area contributed by atoms with E-state index in [-0.39, 0.29) is 80.2 Å². The topological polar surface area (TPSA) is 615 Å². The van der Waals surface area contributed by atoms with Gasteiger partial charge in [0.1, 0.15) is 83.7 Å². The maximum atomic E-state index is 15.2. The van der Waals surface area contributed by atoms with Gasteiger partial charge in [0.15, 0.2) is 0 Å². The van der Waals surface area contributed by atoms with Gasteiger partial charge < -0.3 is 116 Å². The Morgan fingerprint density at radius 2 is 1.03 bits per heavy atom. The number of carbonyl (C=O) groups is 15. The number of phenolic OH excluding ortho intramolecular Hbond substituents is 3. The van der Waals surface area contributed by atoms with Crippen molar-refractivity contribution in [3.63, 3.8) is 0 Å². The van der Waals surface area contributed by atoms with Crippen LogP contribution in [0.1, 0.15) is 101 Å². The van der Waals surface area contributed by atoms with Crippen LogP contribution in [-0.4, -0.2) is 232 Å². The van der Waals surface area contributed by atoms with Crippen LogP contribution in [0.4, 0.5) is 0 Å². The minimum atomic E-state index is -1.87. The number of carbonyl (C=O) groups excluding carboxylic acids is 14. The van der Waals surface area contributed by atoms with Crippen LogP contribution < -0.4 is 75.7 Å².